The molecular formula is C6H6O4. The van der Waals surface area contributed by atoms with Crippen LogP contribution in [-0.4, -0.2) is 10.2 Å². The Balaban J connectivity index is 3.17. The molecule has 1 aromatic heterocycles. The Morgan fingerprint density at radius 1 is 1.50 bits per heavy atom. The van der Waals surface area contributed by atoms with E-state index in [2.05, 4.69) is 4.42 Å². The molecule has 0 spiro atoms. The second-order valence-electron chi connectivity index (χ2n) is 1.73. The maximum Gasteiger partial charge on any atom is 0.378 e. The van der Waals surface area contributed by atoms with E-state index in [0.29, 0.717) is 0 Å². The van der Waals surface area contributed by atoms with Gasteiger partial charge in [0.1, 0.15) is 12.4 Å². The molecule has 0 fully saturated rings. The van der Waals surface area contributed by atoms with E-state index in [0.717, 1.165) is 0 Å². The van der Waals surface area contributed by atoms with Gasteiger partial charge in [0.05, 0.1) is 0 Å². The number of rotatable bonds is 1. The van der Waals surface area contributed by atoms with Crippen molar-refractivity contribution in [3.63, 3.8) is 0 Å². The molecule has 0 aromatic carbocycles. The quantitative estimate of drug-likeness (QED) is 0.571. The van der Waals surface area contributed by atoms with Gasteiger partial charge in [-0.3, -0.25) is 0 Å². The molecule has 1 aromatic rings. The van der Waals surface area contributed by atoms with Crippen LogP contribution in [0.1, 0.15) is 5.76 Å². The summed E-state index contributed by atoms with van der Waals surface area (Å²) >= 11 is 0. The van der Waals surface area contributed by atoms with Gasteiger partial charge in [0, 0.05) is 0 Å². The fraction of sp³-hybridized carbons (Fsp3) is 0.167. The van der Waals surface area contributed by atoms with Crippen LogP contribution in [0.4, 0.5) is 0 Å². The molecule has 0 amide bonds. The third-order valence-electron chi connectivity index (χ3n) is 1.02. The highest BCUT2D eigenvalue weighted by molar-refractivity contribution is 5.14. The first-order valence-electron chi connectivity index (χ1n) is 2.67. The molecule has 1 rings (SSSR count). The third kappa shape index (κ3) is 1.16. The summed E-state index contributed by atoms with van der Waals surface area (Å²) in [6.45, 7) is -0.338. The predicted molar refractivity (Wildman–Crippen MR) is 32.6 cm³/mol. The Kier molecular flexibility index (Phi) is 1.73. The molecule has 0 unspecified atom stereocenters. The van der Waals surface area contributed by atoms with Crippen molar-refractivity contribution < 1.29 is 14.6 Å². The number of hydrogen-bond acceptors (Lipinski definition) is 4. The van der Waals surface area contributed by atoms with Gasteiger partial charge in [-0.05, 0) is 12.1 Å². The van der Waals surface area contributed by atoms with E-state index in [1.165, 1.54) is 12.1 Å². The molecular weight excluding hydrogens is 136 g/mol. The summed E-state index contributed by atoms with van der Waals surface area (Å²) in [5, 5.41) is 17.1. The van der Waals surface area contributed by atoms with Crippen LogP contribution in [0.3, 0.4) is 0 Å². The van der Waals surface area contributed by atoms with Crippen LogP contribution < -0.4 is 5.63 Å². The van der Waals surface area contributed by atoms with E-state index < -0.39 is 11.4 Å². The molecule has 2 N–H and O–H groups in total. The normalized spacial score (nSPS) is 9.70. The summed E-state index contributed by atoms with van der Waals surface area (Å²) < 4.78 is 4.40. The summed E-state index contributed by atoms with van der Waals surface area (Å²) in [5.41, 5.74) is -0.827. The first kappa shape index (κ1) is 6.82. The number of aliphatic hydroxyl groups excluding tert-OH is 1. The zero-order valence-electron chi connectivity index (χ0n) is 5.07. The van der Waals surface area contributed by atoms with Crippen LogP contribution in [0.25, 0.3) is 0 Å². The fourth-order valence-electron chi connectivity index (χ4n) is 0.530. The Bertz CT molecular complexity index is 275. The summed E-state index contributed by atoms with van der Waals surface area (Å²) in [5.74, 6) is -0.306. The highest BCUT2D eigenvalue weighted by atomic mass is 16.4. The second kappa shape index (κ2) is 2.53. The van der Waals surface area contributed by atoms with Crippen molar-refractivity contribution in [3.8, 4) is 5.75 Å². The molecule has 0 aliphatic carbocycles. The van der Waals surface area contributed by atoms with Crippen LogP contribution in [0, 0.1) is 0 Å². The molecule has 4 heteroatoms. The highest BCUT2D eigenvalue weighted by Gasteiger charge is 1.98. The maximum absolute atomic E-state index is 10.5. The average molecular weight is 142 g/mol. The number of hydrogen-bond donors (Lipinski definition) is 2. The zero-order chi connectivity index (χ0) is 7.56. The Morgan fingerprint density at radius 3 is 2.70 bits per heavy atom. The highest BCUT2D eigenvalue weighted by Crippen LogP contribution is 2.01. The molecule has 0 radical (unpaired) electrons. The minimum Gasteiger partial charge on any atom is -0.502 e. The Morgan fingerprint density at radius 2 is 2.20 bits per heavy atom. The monoisotopic (exact) mass is 142 g/mol. The summed E-state index contributed by atoms with van der Waals surface area (Å²) in [7, 11) is 0. The van der Waals surface area contributed by atoms with E-state index in [4.69, 9.17) is 10.2 Å². The number of aromatic hydroxyl groups is 1. The lowest BCUT2D eigenvalue weighted by molar-refractivity contribution is 0.236. The lowest BCUT2D eigenvalue weighted by Gasteiger charge is -1.92. The molecule has 0 bridgehead atoms. The van der Waals surface area contributed by atoms with Crippen molar-refractivity contribution in [2.45, 2.75) is 6.61 Å². The van der Waals surface area contributed by atoms with Gasteiger partial charge in [-0.15, -0.1) is 0 Å². The molecule has 0 aliphatic rings. The fourth-order valence-corrected chi connectivity index (χ4v) is 0.530. The largest absolute Gasteiger partial charge is 0.502 e. The molecule has 0 saturated heterocycles. The lowest BCUT2D eigenvalue weighted by Crippen LogP contribution is -1.99. The molecule has 4 nitrogen and oxygen atoms in total. The van der Waals surface area contributed by atoms with E-state index in [1.54, 1.807) is 0 Å². The van der Waals surface area contributed by atoms with Crippen molar-refractivity contribution in [3.05, 3.63) is 28.3 Å². The maximum atomic E-state index is 10.5. The Hall–Kier alpha value is -1.29. The van der Waals surface area contributed by atoms with Gasteiger partial charge in [-0.1, -0.05) is 0 Å². The van der Waals surface area contributed by atoms with Gasteiger partial charge in [0.15, 0.2) is 0 Å². The van der Waals surface area contributed by atoms with Crippen LogP contribution in [-0.2, 0) is 6.61 Å². The van der Waals surface area contributed by atoms with Gasteiger partial charge in [-0.25, -0.2) is 4.79 Å². The summed E-state index contributed by atoms with van der Waals surface area (Å²) in [4.78, 5) is 10.5. The van der Waals surface area contributed by atoms with Crippen molar-refractivity contribution >= 4 is 0 Å². The summed E-state index contributed by atoms with van der Waals surface area (Å²) in [6, 6.07) is 2.51. The zero-order valence-corrected chi connectivity index (χ0v) is 5.07. The van der Waals surface area contributed by atoms with Gasteiger partial charge < -0.3 is 14.6 Å². The van der Waals surface area contributed by atoms with E-state index in [-0.39, 0.29) is 12.4 Å². The first-order valence-corrected chi connectivity index (χ1v) is 2.67. The van der Waals surface area contributed by atoms with Crippen LogP contribution in [0.5, 0.6) is 5.75 Å². The van der Waals surface area contributed by atoms with Gasteiger partial charge in [-0.2, -0.15) is 0 Å². The van der Waals surface area contributed by atoms with Crippen LogP contribution in [0.15, 0.2) is 21.3 Å². The standard InChI is InChI=1S/C6H6O4/c7-3-4-1-2-5(8)6(9)10-4/h1-2,7-8H,3H2. The average Bonchev–Trinajstić information content (AvgIpc) is 1.95. The van der Waals surface area contributed by atoms with Crippen LogP contribution >= 0.6 is 0 Å². The number of aliphatic hydroxyl groups is 1. The van der Waals surface area contributed by atoms with Crippen molar-refractivity contribution in [1.29, 1.82) is 0 Å². The van der Waals surface area contributed by atoms with Crippen LogP contribution in [0.2, 0.25) is 0 Å². The molecule has 0 saturated carbocycles. The Labute approximate surface area is 56.4 Å². The van der Waals surface area contributed by atoms with Crippen molar-refractivity contribution in [2.24, 2.45) is 0 Å². The van der Waals surface area contributed by atoms with Gasteiger partial charge >= 0.3 is 5.63 Å². The molecule has 0 atom stereocenters. The predicted octanol–water partition coefficient (Wildman–Crippen LogP) is -0.162. The van der Waals surface area contributed by atoms with Crippen molar-refractivity contribution in [1.82, 2.24) is 0 Å². The topological polar surface area (TPSA) is 70.7 Å². The smallest absolute Gasteiger partial charge is 0.378 e. The second-order valence-corrected chi connectivity index (χ2v) is 1.73. The minimum absolute atomic E-state index is 0.141. The SMILES string of the molecule is O=c1oc(CO)ccc1O. The molecule has 10 heavy (non-hydrogen) atoms. The first-order chi connectivity index (χ1) is 4.74. The minimum atomic E-state index is -0.827. The third-order valence-corrected chi connectivity index (χ3v) is 1.02. The van der Waals surface area contributed by atoms with Crippen molar-refractivity contribution in [2.75, 3.05) is 0 Å². The van der Waals surface area contributed by atoms with E-state index in [9.17, 15) is 4.79 Å². The van der Waals surface area contributed by atoms with E-state index >= 15 is 0 Å². The summed E-state index contributed by atoms with van der Waals surface area (Å²) in [6.07, 6.45) is 0. The molecule has 1 heterocycles. The lowest BCUT2D eigenvalue weighted by atomic mass is 10.4. The van der Waals surface area contributed by atoms with E-state index in [1.807, 2.05) is 0 Å². The van der Waals surface area contributed by atoms with Gasteiger partial charge in [0.25, 0.3) is 0 Å². The van der Waals surface area contributed by atoms with Gasteiger partial charge in [0.2, 0.25) is 5.75 Å². The molecule has 54 valence electrons. The molecule has 0 aliphatic heterocycles.